The summed E-state index contributed by atoms with van der Waals surface area (Å²) in [4.78, 5) is 4.98. The molecule has 0 amide bonds. The fourth-order valence-electron chi connectivity index (χ4n) is 11.5. The predicted molar refractivity (Wildman–Crippen MR) is 301 cm³/mol. The summed E-state index contributed by atoms with van der Waals surface area (Å²) in [6.45, 7) is 13.2. The number of nitrogens with zero attached hydrogens (tertiary/aromatic N) is 2. The van der Waals surface area contributed by atoms with E-state index in [4.69, 9.17) is 0 Å². The van der Waals surface area contributed by atoms with Gasteiger partial charge in [0.2, 0.25) is 0 Å². The van der Waals surface area contributed by atoms with Crippen LogP contribution in [0.3, 0.4) is 0 Å². The van der Waals surface area contributed by atoms with Crippen LogP contribution in [0.2, 0.25) is 0 Å². The van der Waals surface area contributed by atoms with Crippen LogP contribution in [0.15, 0.2) is 206 Å². The van der Waals surface area contributed by atoms with Gasteiger partial charge in [0.1, 0.15) is 0 Å². The predicted octanol–water partition coefficient (Wildman–Crippen LogP) is 19.5. The molecule has 0 aromatic heterocycles. The molecule has 0 heterocycles. The van der Waals surface area contributed by atoms with Crippen LogP contribution in [-0.4, -0.2) is 0 Å². The Morgan fingerprint density at radius 1 is 0.271 bits per heavy atom. The van der Waals surface area contributed by atoms with Crippen LogP contribution < -0.4 is 9.80 Å². The molecule has 0 atom stereocenters. The first-order chi connectivity index (χ1) is 34.2. The lowest BCUT2D eigenvalue weighted by atomic mass is 9.79. The molecular formula is C68H52N2. The quantitative estimate of drug-likeness (QED) is 0.140. The van der Waals surface area contributed by atoms with Gasteiger partial charge in [0.25, 0.3) is 0 Å². The number of anilines is 6. The molecule has 0 spiro atoms. The van der Waals surface area contributed by atoms with Crippen molar-refractivity contribution in [3.63, 3.8) is 0 Å². The van der Waals surface area contributed by atoms with Crippen molar-refractivity contribution >= 4 is 77.2 Å². The minimum atomic E-state index is 1.12. The normalized spacial score (nSPS) is 11.9. The Morgan fingerprint density at radius 3 is 1.26 bits per heavy atom. The van der Waals surface area contributed by atoms with E-state index < -0.39 is 0 Å². The highest BCUT2D eigenvalue weighted by atomic mass is 15.2. The molecule has 13 aromatic carbocycles. The van der Waals surface area contributed by atoms with Crippen molar-refractivity contribution in [1.29, 1.82) is 0 Å². The van der Waals surface area contributed by atoms with E-state index in [1.165, 1.54) is 121 Å². The molecule has 6 aliphatic rings. The number of rotatable bonds is 8. The fourth-order valence-corrected chi connectivity index (χ4v) is 11.5. The van der Waals surface area contributed by atoms with Gasteiger partial charge < -0.3 is 9.80 Å². The Hall–Kier alpha value is -8.46. The molecule has 0 radical (unpaired) electrons. The molecule has 0 fully saturated rings. The zero-order valence-electron chi connectivity index (χ0n) is 40.5. The van der Waals surface area contributed by atoms with Gasteiger partial charge in [0.15, 0.2) is 0 Å². The average molecular weight is 897 g/mol. The zero-order chi connectivity index (χ0) is 47.4. The number of aryl methyl sites for hydroxylation is 6. The highest BCUT2D eigenvalue weighted by Gasteiger charge is 2.30. The average Bonchev–Trinajstić information content (AvgIpc) is 3.54. The number of hydrogen-bond donors (Lipinski definition) is 0. The summed E-state index contributed by atoms with van der Waals surface area (Å²) in [5.41, 5.74) is 24.1. The van der Waals surface area contributed by atoms with E-state index >= 15 is 0 Å². The Balaban J connectivity index is 1.30. The molecule has 13 aromatic rings. The summed E-state index contributed by atoms with van der Waals surface area (Å²) < 4.78 is 0. The maximum Gasteiger partial charge on any atom is 0.0546 e. The highest BCUT2D eigenvalue weighted by molar-refractivity contribution is 6.36. The molecule has 2 heteroatoms. The second kappa shape index (κ2) is 16.1. The van der Waals surface area contributed by atoms with Gasteiger partial charge in [-0.25, -0.2) is 0 Å². The van der Waals surface area contributed by atoms with Crippen LogP contribution in [0.4, 0.5) is 34.1 Å². The molecular weight excluding hydrogens is 845 g/mol. The zero-order valence-corrected chi connectivity index (χ0v) is 40.5. The van der Waals surface area contributed by atoms with E-state index in [9.17, 15) is 0 Å². The second-order valence-electron chi connectivity index (χ2n) is 19.7. The number of benzene rings is 11. The van der Waals surface area contributed by atoms with Gasteiger partial charge in [-0.15, -0.1) is 0 Å². The van der Waals surface area contributed by atoms with Crippen molar-refractivity contribution in [3.05, 3.63) is 240 Å². The Bertz CT molecular complexity index is 3940. The third-order valence-electron chi connectivity index (χ3n) is 15.1. The maximum absolute atomic E-state index is 2.56. The lowest BCUT2D eigenvalue weighted by Crippen LogP contribution is -2.12. The smallest absolute Gasteiger partial charge is 0.0546 e. The Labute approximate surface area is 410 Å². The summed E-state index contributed by atoms with van der Waals surface area (Å²) in [6, 6.07) is 78.5. The van der Waals surface area contributed by atoms with Crippen molar-refractivity contribution < 1.29 is 0 Å². The molecule has 0 N–H and O–H groups in total. The van der Waals surface area contributed by atoms with Crippen LogP contribution >= 0.6 is 0 Å². The SMILES string of the molecule is Cc1ccc(N(c2ccc(C)cc2)c2cc3ccc2-c2c4cc5c(-c6ccccc6C)c6cc-3ccc6c(-c3ccccc3C)c5c2c2ccc4cc2N(c2ccc(C)cc2)c2ccc(C)cc2)cc1. The van der Waals surface area contributed by atoms with E-state index in [2.05, 4.69) is 258 Å². The van der Waals surface area contributed by atoms with Gasteiger partial charge in [0, 0.05) is 44.6 Å². The molecule has 70 heavy (non-hydrogen) atoms. The summed E-state index contributed by atoms with van der Waals surface area (Å²) in [5.74, 6) is 0. The van der Waals surface area contributed by atoms with Crippen LogP contribution in [-0.2, 0) is 0 Å². The summed E-state index contributed by atoms with van der Waals surface area (Å²) in [7, 11) is 0. The maximum atomic E-state index is 2.56. The molecule has 0 saturated heterocycles. The third kappa shape index (κ3) is 6.55. The first-order valence-electron chi connectivity index (χ1n) is 24.6. The summed E-state index contributed by atoms with van der Waals surface area (Å²) in [6.07, 6.45) is 0. The van der Waals surface area contributed by atoms with Crippen molar-refractivity contribution in [2.24, 2.45) is 0 Å². The number of hydrogen-bond acceptors (Lipinski definition) is 2. The van der Waals surface area contributed by atoms with E-state index in [-0.39, 0.29) is 0 Å². The van der Waals surface area contributed by atoms with Crippen LogP contribution in [0.25, 0.3) is 87.6 Å². The lowest BCUT2D eigenvalue weighted by Gasteiger charge is -2.30. The third-order valence-corrected chi connectivity index (χ3v) is 15.1. The monoisotopic (exact) mass is 896 g/mol. The van der Waals surface area contributed by atoms with Gasteiger partial charge in [-0.05, 0) is 191 Å². The van der Waals surface area contributed by atoms with Crippen LogP contribution in [0, 0.1) is 41.5 Å². The van der Waals surface area contributed by atoms with E-state index in [1.54, 1.807) is 0 Å². The van der Waals surface area contributed by atoms with Crippen molar-refractivity contribution in [3.8, 4) is 44.5 Å². The molecule has 334 valence electrons. The Morgan fingerprint density at radius 2 is 0.714 bits per heavy atom. The first-order valence-corrected chi connectivity index (χ1v) is 24.6. The van der Waals surface area contributed by atoms with E-state index in [0.717, 1.165) is 34.1 Å². The molecule has 0 unspecified atom stereocenters. The molecule has 12 bridgehead atoms. The van der Waals surface area contributed by atoms with Gasteiger partial charge >= 0.3 is 0 Å². The standard InChI is InChI=1S/C68H52N2/c1-41-15-26-50(27-16-41)69(51-28-17-42(2)18-29-51)62-38-48-24-35-57(62)66-59-40-61-64(54-13-9-7-11-45(54)5)60-37-47(48)23-34-56(60)65(55-14-10-8-12-46(55)6)68(61)67(66)58-36-25-49(59)39-63(58)70(52-30-19-43(3)20-31-52)53-32-21-44(4)22-33-53/h7-40H,1-6H3. The number of fused-ring (bicyclic) bond motifs is 3. The fraction of sp³-hybridized carbons (Fsp3) is 0.0882. The molecule has 6 aliphatic carbocycles. The van der Waals surface area contributed by atoms with Crippen molar-refractivity contribution in [2.45, 2.75) is 41.5 Å². The lowest BCUT2D eigenvalue weighted by molar-refractivity contribution is 1.27. The van der Waals surface area contributed by atoms with E-state index in [1.807, 2.05) is 0 Å². The van der Waals surface area contributed by atoms with E-state index in [0.29, 0.717) is 0 Å². The largest absolute Gasteiger partial charge is 0.310 e. The van der Waals surface area contributed by atoms with Gasteiger partial charge in [-0.1, -0.05) is 156 Å². The minimum Gasteiger partial charge on any atom is -0.310 e. The second-order valence-corrected chi connectivity index (χ2v) is 19.7. The molecule has 2 nitrogen and oxygen atoms in total. The summed E-state index contributed by atoms with van der Waals surface area (Å²) >= 11 is 0. The van der Waals surface area contributed by atoms with Crippen molar-refractivity contribution in [1.82, 2.24) is 0 Å². The van der Waals surface area contributed by atoms with Gasteiger partial charge in [-0.3, -0.25) is 0 Å². The summed E-state index contributed by atoms with van der Waals surface area (Å²) in [5, 5.41) is 9.88. The van der Waals surface area contributed by atoms with Crippen LogP contribution in [0.1, 0.15) is 33.4 Å². The Kier molecular flexibility index (Phi) is 9.58. The van der Waals surface area contributed by atoms with Gasteiger partial charge in [0.05, 0.1) is 11.4 Å². The highest BCUT2D eigenvalue weighted by Crippen LogP contribution is 2.57. The molecule has 0 aliphatic heterocycles. The molecule has 19 rings (SSSR count). The van der Waals surface area contributed by atoms with Crippen molar-refractivity contribution in [2.75, 3.05) is 9.80 Å². The van der Waals surface area contributed by atoms with Crippen LogP contribution in [0.5, 0.6) is 0 Å². The minimum absolute atomic E-state index is 1.12. The molecule has 0 saturated carbocycles. The first kappa shape index (κ1) is 41.7. The van der Waals surface area contributed by atoms with Gasteiger partial charge in [-0.2, -0.15) is 0 Å². The topological polar surface area (TPSA) is 6.48 Å².